The summed E-state index contributed by atoms with van der Waals surface area (Å²) in [6, 6.07) is 4.32. The van der Waals surface area contributed by atoms with Crippen LogP contribution in [0.4, 0.5) is 16.2 Å². The lowest BCUT2D eigenvalue weighted by Crippen LogP contribution is -2.41. The number of nitrogens with zero attached hydrogens (tertiary/aromatic N) is 2. The molecule has 1 N–H and O–H groups in total. The van der Waals surface area contributed by atoms with E-state index in [1.165, 1.54) is 12.1 Å². The van der Waals surface area contributed by atoms with Crippen molar-refractivity contribution in [2.75, 3.05) is 18.4 Å². The molecule has 2 rings (SSSR count). The van der Waals surface area contributed by atoms with E-state index < -0.39 is 4.92 Å². The number of piperidine rings is 1. The van der Waals surface area contributed by atoms with Gasteiger partial charge in [0.25, 0.3) is 5.69 Å². The molecule has 1 aliphatic rings. The SMILES string of the molecule is Cc1cc([N+](=O)[O-])ccc1NC(=O)N1CCC[C@@H](C)C1. The van der Waals surface area contributed by atoms with Gasteiger partial charge in [-0.05, 0) is 37.3 Å². The summed E-state index contributed by atoms with van der Waals surface area (Å²) in [5.74, 6) is 0.521. The van der Waals surface area contributed by atoms with Crippen LogP contribution in [0, 0.1) is 23.0 Å². The average Bonchev–Trinajstić information content (AvgIpc) is 2.40. The van der Waals surface area contributed by atoms with Gasteiger partial charge in [-0.25, -0.2) is 4.79 Å². The largest absolute Gasteiger partial charge is 0.324 e. The fourth-order valence-electron chi connectivity index (χ4n) is 2.47. The summed E-state index contributed by atoms with van der Waals surface area (Å²) in [6.45, 7) is 5.41. The molecule has 0 aliphatic carbocycles. The Morgan fingerprint density at radius 2 is 2.25 bits per heavy atom. The summed E-state index contributed by atoms with van der Waals surface area (Å²) in [5.41, 5.74) is 1.35. The molecule has 6 heteroatoms. The summed E-state index contributed by atoms with van der Waals surface area (Å²) in [7, 11) is 0. The van der Waals surface area contributed by atoms with Gasteiger partial charge in [-0.2, -0.15) is 0 Å². The van der Waals surface area contributed by atoms with E-state index in [0.717, 1.165) is 25.9 Å². The summed E-state index contributed by atoms with van der Waals surface area (Å²) in [6.07, 6.45) is 2.17. The molecule has 1 fully saturated rings. The van der Waals surface area contributed by atoms with Crippen molar-refractivity contribution in [2.45, 2.75) is 26.7 Å². The number of aryl methyl sites for hydroxylation is 1. The molecule has 1 aromatic rings. The molecule has 0 spiro atoms. The van der Waals surface area contributed by atoms with Crippen LogP contribution in [0.3, 0.4) is 0 Å². The fraction of sp³-hybridized carbons (Fsp3) is 0.500. The molecular formula is C14H19N3O3. The number of hydrogen-bond donors (Lipinski definition) is 1. The maximum Gasteiger partial charge on any atom is 0.321 e. The van der Waals surface area contributed by atoms with E-state index in [1.807, 2.05) is 0 Å². The van der Waals surface area contributed by atoms with Gasteiger partial charge >= 0.3 is 6.03 Å². The van der Waals surface area contributed by atoms with Gasteiger partial charge in [0.15, 0.2) is 0 Å². The Labute approximate surface area is 117 Å². The highest BCUT2D eigenvalue weighted by Gasteiger charge is 2.21. The van der Waals surface area contributed by atoms with Crippen molar-refractivity contribution in [3.63, 3.8) is 0 Å². The average molecular weight is 277 g/mol. The summed E-state index contributed by atoms with van der Waals surface area (Å²) >= 11 is 0. The van der Waals surface area contributed by atoms with E-state index in [9.17, 15) is 14.9 Å². The van der Waals surface area contributed by atoms with Gasteiger partial charge in [-0.15, -0.1) is 0 Å². The lowest BCUT2D eigenvalue weighted by atomic mass is 10.0. The molecule has 0 unspecified atom stereocenters. The molecule has 2 amide bonds. The molecule has 1 atom stereocenters. The Morgan fingerprint density at radius 1 is 1.50 bits per heavy atom. The van der Waals surface area contributed by atoms with Crippen molar-refractivity contribution in [3.05, 3.63) is 33.9 Å². The normalized spacial score (nSPS) is 18.7. The van der Waals surface area contributed by atoms with Crippen LogP contribution in [0.5, 0.6) is 0 Å². The zero-order valence-corrected chi connectivity index (χ0v) is 11.8. The predicted octanol–water partition coefficient (Wildman–Crippen LogP) is 3.17. The van der Waals surface area contributed by atoms with E-state index in [1.54, 1.807) is 17.9 Å². The second-order valence-corrected chi connectivity index (χ2v) is 5.38. The Kier molecular flexibility index (Phi) is 4.22. The third kappa shape index (κ3) is 3.26. The van der Waals surface area contributed by atoms with Gasteiger partial charge < -0.3 is 10.2 Å². The van der Waals surface area contributed by atoms with Crippen LogP contribution in [-0.2, 0) is 0 Å². The highest BCUT2D eigenvalue weighted by atomic mass is 16.6. The number of hydrogen-bond acceptors (Lipinski definition) is 3. The maximum absolute atomic E-state index is 12.2. The van der Waals surface area contributed by atoms with Crippen LogP contribution < -0.4 is 5.32 Å². The van der Waals surface area contributed by atoms with Crippen molar-refractivity contribution in [3.8, 4) is 0 Å². The first-order chi connectivity index (χ1) is 9.47. The van der Waals surface area contributed by atoms with Gasteiger partial charge in [-0.1, -0.05) is 6.92 Å². The Morgan fingerprint density at radius 3 is 2.85 bits per heavy atom. The molecule has 1 saturated heterocycles. The van der Waals surface area contributed by atoms with Crippen LogP contribution in [0.15, 0.2) is 18.2 Å². The van der Waals surface area contributed by atoms with E-state index in [-0.39, 0.29) is 11.7 Å². The van der Waals surface area contributed by atoms with Gasteiger partial charge in [0, 0.05) is 30.9 Å². The molecule has 0 bridgehead atoms. The Balaban J connectivity index is 2.06. The van der Waals surface area contributed by atoms with Crippen molar-refractivity contribution >= 4 is 17.4 Å². The van der Waals surface area contributed by atoms with Crippen LogP contribution in [-0.4, -0.2) is 28.9 Å². The molecular weight excluding hydrogens is 258 g/mol. The molecule has 1 aliphatic heterocycles. The van der Waals surface area contributed by atoms with Crippen LogP contribution in [0.25, 0.3) is 0 Å². The van der Waals surface area contributed by atoms with E-state index in [2.05, 4.69) is 12.2 Å². The number of likely N-dealkylation sites (tertiary alicyclic amines) is 1. The molecule has 1 heterocycles. The quantitative estimate of drug-likeness (QED) is 0.666. The lowest BCUT2D eigenvalue weighted by Gasteiger charge is -2.31. The summed E-state index contributed by atoms with van der Waals surface area (Å²) in [5, 5.41) is 13.5. The van der Waals surface area contributed by atoms with E-state index in [0.29, 0.717) is 17.2 Å². The smallest absolute Gasteiger partial charge is 0.321 e. The number of rotatable bonds is 2. The minimum atomic E-state index is -0.440. The topological polar surface area (TPSA) is 75.5 Å². The predicted molar refractivity (Wildman–Crippen MR) is 76.8 cm³/mol. The number of amides is 2. The maximum atomic E-state index is 12.2. The number of carbonyl (C=O) groups is 1. The molecule has 20 heavy (non-hydrogen) atoms. The highest BCUT2D eigenvalue weighted by Crippen LogP contribution is 2.22. The number of nitro benzene ring substituents is 1. The molecule has 0 saturated carbocycles. The second-order valence-electron chi connectivity index (χ2n) is 5.38. The van der Waals surface area contributed by atoms with Gasteiger partial charge in [0.1, 0.15) is 0 Å². The number of urea groups is 1. The lowest BCUT2D eigenvalue weighted by molar-refractivity contribution is -0.384. The molecule has 0 radical (unpaired) electrons. The number of non-ortho nitro benzene ring substituents is 1. The third-order valence-electron chi connectivity index (χ3n) is 3.61. The zero-order valence-electron chi connectivity index (χ0n) is 11.8. The number of benzene rings is 1. The first kappa shape index (κ1) is 14.3. The van der Waals surface area contributed by atoms with Crippen molar-refractivity contribution in [1.82, 2.24) is 4.90 Å². The van der Waals surface area contributed by atoms with Crippen molar-refractivity contribution < 1.29 is 9.72 Å². The van der Waals surface area contributed by atoms with E-state index >= 15 is 0 Å². The first-order valence-electron chi connectivity index (χ1n) is 6.78. The van der Waals surface area contributed by atoms with E-state index in [4.69, 9.17) is 0 Å². The van der Waals surface area contributed by atoms with Gasteiger partial charge in [-0.3, -0.25) is 10.1 Å². The van der Waals surface area contributed by atoms with Crippen LogP contribution in [0.2, 0.25) is 0 Å². The summed E-state index contributed by atoms with van der Waals surface area (Å²) < 4.78 is 0. The van der Waals surface area contributed by atoms with Gasteiger partial charge in [0.2, 0.25) is 0 Å². The van der Waals surface area contributed by atoms with Gasteiger partial charge in [0.05, 0.1) is 4.92 Å². The Bertz CT molecular complexity index is 530. The number of nitrogens with one attached hydrogen (secondary N) is 1. The standard InChI is InChI=1S/C14H19N3O3/c1-10-4-3-7-16(9-10)14(18)15-13-6-5-12(17(19)20)8-11(13)2/h5-6,8,10H,3-4,7,9H2,1-2H3,(H,15,18)/t10-/m1/s1. The van der Waals surface area contributed by atoms with Crippen LogP contribution in [0.1, 0.15) is 25.3 Å². The fourth-order valence-corrected chi connectivity index (χ4v) is 2.47. The van der Waals surface area contributed by atoms with Crippen LogP contribution >= 0.6 is 0 Å². The minimum absolute atomic E-state index is 0.0343. The first-order valence-corrected chi connectivity index (χ1v) is 6.78. The Hall–Kier alpha value is -2.11. The second kappa shape index (κ2) is 5.90. The minimum Gasteiger partial charge on any atom is -0.324 e. The number of anilines is 1. The van der Waals surface area contributed by atoms with Crippen molar-refractivity contribution in [1.29, 1.82) is 0 Å². The monoisotopic (exact) mass is 277 g/mol. The van der Waals surface area contributed by atoms with Crippen molar-refractivity contribution in [2.24, 2.45) is 5.92 Å². The highest BCUT2D eigenvalue weighted by molar-refractivity contribution is 5.90. The molecule has 0 aromatic heterocycles. The molecule has 108 valence electrons. The molecule has 1 aromatic carbocycles. The number of nitro groups is 1. The number of carbonyl (C=O) groups excluding carboxylic acids is 1. The zero-order chi connectivity index (χ0) is 14.7. The molecule has 6 nitrogen and oxygen atoms in total. The summed E-state index contributed by atoms with van der Waals surface area (Å²) in [4.78, 5) is 24.2. The third-order valence-corrected chi connectivity index (χ3v) is 3.61.